The van der Waals surface area contributed by atoms with Crippen LogP contribution in [0.5, 0.6) is 0 Å². The van der Waals surface area contributed by atoms with Gasteiger partial charge in [0.05, 0.1) is 6.61 Å². The van der Waals surface area contributed by atoms with Crippen molar-refractivity contribution in [1.29, 1.82) is 0 Å². The molecule has 2 fully saturated rings. The first-order chi connectivity index (χ1) is 10.4. The predicted molar refractivity (Wildman–Crippen MR) is 88.0 cm³/mol. The zero-order valence-corrected chi connectivity index (χ0v) is 15.0. The molecule has 1 heterocycles. The van der Waals surface area contributed by atoms with Gasteiger partial charge in [-0.2, -0.15) is 12.7 Å². The van der Waals surface area contributed by atoms with E-state index in [2.05, 4.69) is 23.7 Å². The van der Waals surface area contributed by atoms with E-state index in [0.29, 0.717) is 19.7 Å². The fraction of sp³-hybridized carbons (Fsp3) is 1.00. The smallest absolute Gasteiger partial charge is 0.279 e. The first-order valence-electron chi connectivity index (χ1n) is 8.34. The molecule has 1 N–H and O–H groups in total. The van der Waals surface area contributed by atoms with E-state index in [9.17, 15) is 8.42 Å². The van der Waals surface area contributed by atoms with Crippen LogP contribution in [0, 0.1) is 0 Å². The number of nitrogens with zero attached hydrogens (tertiary/aromatic N) is 2. The monoisotopic (exact) mass is 333 g/mol. The highest BCUT2D eigenvalue weighted by Crippen LogP contribution is 2.32. The summed E-state index contributed by atoms with van der Waals surface area (Å²) in [6.07, 6.45) is 7.52. The Morgan fingerprint density at radius 3 is 2.50 bits per heavy atom. The summed E-state index contributed by atoms with van der Waals surface area (Å²) < 4.78 is 35.0. The molecule has 22 heavy (non-hydrogen) atoms. The molecule has 7 heteroatoms. The maximum Gasteiger partial charge on any atom is 0.279 e. The Bertz CT molecular complexity index is 447. The molecule has 2 rings (SSSR count). The highest BCUT2D eigenvalue weighted by molar-refractivity contribution is 7.87. The summed E-state index contributed by atoms with van der Waals surface area (Å²) in [6.45, 7) is 1.57. The first kappa shape index (κ1) is 18.1. The summed E-state index contributed by atoms with van der Waals surface area (Å²) in [7, 11) is 2.32. The quantitative estimate of drug-likeness (QED) is 0.760. The van der Waals surface area contributed by atoms with Crippen molar-refractivity contribution in [3.05, 3.63) is 0 Å². The minimum absolute atomic E-state index is 0.0239. The molecule has 1 atom stereocenters. The van der Waals surface area contributed by atoms with Crippen molar-refractivity contribution in [2.24, 2.45) is 0 Å². The van der Waals surface area contributed by atoms with Crippen molar-refractivity contribution < 1.29 is 13.2 Å². The van der Waals surface area contributed by atoms with Crippen LogP contribution in [0.15, 0.2) is 0 Å². The zero-order chi connectivity index (χ0) is 16.2. The van der Waals surface area contributed by atoms with Gasteiger partial charge >= 0.3 is 0 Å². The molecule has 1 saturated carbocycles. The second-order valence-corrected chi connectivity index (χ2v) is 8.58. The largest absolute Gasteiger partial charge is 0.383 e. The van der Waals surface area contributed by atoms with Gasteiger partial charge in [-0.15, -0.1) is 0 Å². The van der Waals surface area contributed by atoms with E-state index in [-0.39, 0.29) is 11.6 Å². The average Bonchev–Trinajstić information content (AvgIpc) is 2.96. The molecule has 1 aliphatic heterocycles. The standard InChI is InChI=1S/C15H31N3O3S/c1-17(2)15(9-5-4-6-10-15)13-16-22(19,20)18-11-7-8-14(18)12-21-3/h14,16H,4-13H2,1-3H3. The van der Waals surface area contributed by atoms with E-state index >= 15 is 0 Å². The third-order valence-corrected chi connectivity index (χ3v) is 6.91. The van der Waals surface area contributed by atoms with Gasteiger partial charge in [-0.05, 0) is 39.8 Å². The molecule has 0 aromatic heterocycles. The highest BCUT2D eigenvalue weighted by atomic mass is 32.2. The van der Waals surface area contributed by atoms with Crippen molar-refractivity contribution in [3.8, 4) is 0 Å². The van der Waals surface area contributed by atoms with Gasteiger partial charge in [-0.25, -0.2) is 4.72 Å². The molecule has 0 aromatic carbocycles. The van der Waals surface area contributed by atoms with Crippen LogP contribution in [0.2, 0.25) is 0 Å². The maximum atomic E-state index is 12.7. The molecule has 130 valence electrons. The van der Waals surface area contributed by atoms with Crippen molar-refractivity contribution in [3.63, 3.8) is 0 Å². The minimum atomic E-state index is -3.43. The Morgan fingerprint density at radius 1 is 1.23 bits per heavy atom. The van der Waals surface area contributed by atoms with Gasteiger partial charge < -0.3 is 9.64 Å². The number of rotatable bonds is 7. The van der Waals surface area contributed by atoms with E-state index in [1.807, 2.05) is 0 Å². The number of hydrogen-bond acceptors (Lipinski definition) is 4. The van der Waals surface area contributed by atoms with Crippen LogP contribution in [-0.2, 0) is 14.9 Å². The van der Waals surface area contributed by atoms with E-state index in [1.54, 1.807) is 11.4 Å². The summed E-state index contributed by atoms with van der Waals surface area (Å²) in [5.41, 5.74) is -0.0399. The molecule has 0 bridgehead atoms. The SMILES string of the molecule is COCC1CCCN1S(=O)(=O)NCC1(N(C)C)CCCCC1. The van der Waals surface area contributed by atoms with Crippen LogP contribution in [0.4, 0.5) is 0 Å². The number of ether oxygens (including phenoxy) is 1. The molecular weight excluding hydrogens is 302 g/mol. The Hall–Kier alpha value is -0.210. The van der Waals surface area contributed by atoms with Crippen LogP contribution in [0.3, 0.4) is 0 Å². The third kappa shape index (κ3) is 4.00. The molecular formula is C15H31N3O3S. The van der Waals surface area contributed by atoms with Crippen molar-refractivity contribution >= 4 is 10.2 Å². The van der Waals surface area contributed by atoms with Gasteiger partial charge in [0, 0.05) is 31.8 Å². The Kier molecular flexibility index (Phi) is 6.24. The summed E-state index contributed by atoms with van der Waals surface area (Å²) in [4.78, 5) is 2.20. The highest BCUT2D eigenvalue weighted by Gasteiger charge is 2.38. The summed E-state index contributed by atoms with van der Waals surface area (Å²) >= 11 is 0. The van der Waals surface area contributed by atoms with Crippen molar-refractivity contribution in [2.45, 2.75) is 56.5 Å². The number of nitrogens with one attached hydrogen (secondary N) is 1. The van der Waals surface area contributed by atoms with E-state index in [0.717, 1.165) is 25.7 Å². The average molecular weight is 333 g/mol. The summed E-state index contributed by atoms with van der Waals surface area (Å²) in [5, 5.41) is 0. The van der Waals surface area contributed by atoms with Crippen LogP contribution >= 0.6 is 0 Å². The van der Waals surface area contributed by atoms with Gasteiger partial charge in [0.2, 0.25) is 0 Å². The molecule has 0 radical (unpaired) electrons. The molecule has 6 nitrogen and oxygen atoms in total. The summed E-state index contributed by atoms with van der Waals surface area (Å²) in [5.74, 6) is 0. The van der Waals surface area contributed by atoms with Gasteiger partial charge in [-0.1, -0.05) is 19.3 Å². The Balaban J connectivity index is 2.01. The topological polar surface area (TPSA) is 61.9 Å². The van der Waals surface area contributed by atoms with Crippen LogP contribution < -0.4 is 4.72 Å². The lowest BCUT2D eigenvalue weighted by Crippen LogP contribution is -2.56. The van der Waals surface area contributed by atoms with Crippen LogP contribution in [0.1, 0.15) is 44.9 Å². The second kappa shape index (κ2) is 7.57. The molecule has 0 amide bonds. The van der Waals surface area contributed by atoms with Gasteiger partial charge in [0.25, 0.3) is 10.2 Å². The van der Waals surface area contributed by atoms with Crippen molar-refractivity contribution in [1.82, 2.24) is 13.9 Å². The second-order valence-electron chi connectivity index (χ2n) is 6.87. The fourth-order valence-corrected chi connectivity index (χ4v) is 5.33. The first-order valence-corrected chi connectivity index (χ1v) is 9.78. The lowest BCUT2D eigenvalue weighted by molar-refractivity contribution is 0.104. The molecule has 0 spiro atoms. The van der Waals surface area contributed by atoms with Crippen LogP contribution in [-0.4, -0.2) is 70.1 Å². The van der Waals surface area contributed by atoms with Crippen LogP contribution in [0.25, 0.3) is 0 Å². The number of methoxy groups -OCH3 is 1. The summed E-state index contributed by atoms with van der Waals surface area (Å²) in [6, 6.07) is -0.0239. The lowest BCUT2D eigenvalue weighted by Gasteiger charge is -2.43. The van der Waals surface area contributed by atoms with Gasteiger partial charge in [0.1, 0.15) is 0 Å². The molecule has 1 aliphatic carbocycles. The number of likely N-dealkylation sites (N-methyl/N-ethyl adjacent to an activating group) is 1. The zero-order valence-electron chi connectivity index (χ0n) is 14.2. The third-order valence-electron chi connectivity index (χ3n) is 5.31. The van der Waals surface area contributed by atoms with Gasteiger partial charge in [0.15, 0.2) is 0 Å². The van der Waals surface area contributed by atoms with E-state index in [4.69, 9.17) is 4.74 Å². The Labute approximate surface area is 135 Å². The predicted octanol–water partition coefficient (Wildman–Crippen LogP) is 1.20. The van der Waals surface area contributed by atoms with Crippen molar-refractivity contribution in [2.75, 3.05) is 40.9 Å². The molecule has 1 unspecified atom stereocenters. The molecule has 0 aromatic rings. The normalized spacial score (nSPS) is 26.6. The molecule has 2 aliphatic rings. The minimum Gasteiger partial charge on any atom is -0.383 e. The maximum absolute atomic E-state index is 12.7. The van der Waals surface area contributed by atoms with Gasteiger partial charge in [-0.3, -0.25) is 0 Å². The lowest BCUT2D eigenvalue weighted by atomic mass is 9.81. The Morgan fingerprint density at radius 2 is 1.91 bits per heavy atom. The fourth-order valence-electron chi connectivity index (χ4n) is 3.79. The molecule has 1 saturated heterocycles. The van der Waals surface area contributed by atoms with E-state index < -0.39 is 10.2 Å². The van der Waals surface area contributed by atoms with E-state index in [1.165, 1.54) is 19.3 Å². The number of hydrogen-bond donors (Lipinski definition) is 1.